The number of ether oxygens (including phenoxy) is 3. The Morgan fingerprint density at radius 3 is 0.617 bits per heavy atom. The smallest absolute Gasteiger partial charge is 0.306 e. The van der Waals surface area contributed by atoms with Gasteiger partial charge in [-0.25, -0.2) is 0 Å². The Bertz CT molecular complexity index is 1260. The first-order chi connectivity index (χ1) is 40.0. The molecule has 0 aliphatic carbocycles. The van der Waals surface area contributed by atoms with Gasteiger partial charge in [-0.1, -0.05) is 380 Å². The Kier molecular flexibility index (Phi) is 69.0. The van der Waals surface area contributed by atoms with Gasteiger partial charge in [0.25, 0.3) is 0 Å². The molecule has 0 saturated heterocycles. The maximum Gasteiger partial charge on any atom is 0.306 e. The lowest BCUT2D eigenvalue weighted by Gasteiger charge is -2.18. The van der Waals surface area contributed by atoms with Crippen LogP contribution in [-0.2, 0) is 28.6 Å². The van der Waals surface area contributed by atoms with Crippen LogP contribution < -0.4 is 0 Å². The summed E-state index contributed by atoms with van der Waals surface area (Å²) >= 11 is 0. The molecule has 0 aromatic heterocycles. The first-order valence-corrected chi connectivity index (χ1v) is 37.2. The van der Waals surface area contributed by atoms with Crippen LogP contribution in [0, 0.1) is 0 Å². The first-order valence-electron chi connectivity index (χ1n) is 37.2. The van der Waals surface area contributed by atoms with E-state index in [1.165, 1.54) is 327 Å². The van der Waals surface area contributed by atoms with Crippen molar-refractivity contribution in [1.82, 2.24) is 0 Å². The normalized spacial score (nSPS) is 12.0. The van der Waals surface area contributed by atoms with Gasteiger partial charge in [0.2, 0.25) is 0 Å². The third-order valence-corrected chi connectivity index (χ3v) is 17.3. The van der Waals surface area contributed by atoms with Crippen LogP contribution in [0.2, 0.25) is 0 Å². The Morgan fingerprint density at radius 2 is 0.407 bits per heavy atom. The zero-order chi connectivity index (χ0) is 58.5. The maximum atomic E-state index is 12.9. The fourth-order valence-electron chi connectivity index (χ4n) is 11.7. The topological polar surface area (TPSA) is 78.9 Å². The molecule has 0 aliphatic rings. The highest BCUT2D eigenvalue weighted by molar-refractivity contribution is 5.71. The molecule has 6 heteroatoms. The van der Waals surface area contributed by atoms with E-state index in [-0.39, 0.29) is 31.1 Å². The number of esters is 3. The van der Waals surface area contributed by atoms with Crippen molar-refractivity contribution in [2.45, 2.75) is 438 Å². The van der Waals surface area contributed by atoms with Crippen molar-refractivity contribution >= 4 is 17.9 Å². The van der Waals surface area contributed by atoms with Gasteiger partial charge in [0.05, 0.1) is 0 Å². The van der Waals surface area contributed by atoms with Gasteiger partial charge in [0.1, 0.15) is 13.2 Å². The number of carbonyl (C=O) groups is 3. The van der Waals surface area contributed by atoms with Gasteiger partial charge < -0.3 is 14.2 Å². The van der Waals surface area contributed by atoms with E-state index < -0.39 is 6.10 Å². The molecule has 1 atom stereocenters. The van der Waals surface area contributed by atoms with Crippen LogP contribution in [0.25, 0.3) is 0 Å². The maximum absolute atomic E-state index is 12.9. The molecule has 0 fully saturated rings. The molecule has 0 spiro atoms. The summed E-state index contributed by atoms with van der Waals surface area (Å²) in [5, 5.41) is 0. The van der Waals surface area contributed by atoms with Crippen LogP contribution in [0.1, 0.15) is 432 Å². The lowest BCUT2D eigenvalue weighted by atomic mass is 10.0. The second kappa shape index (κ2) is 70.6. The Labute approximate surface area is 507 Å². The summed E-state index contributed by atoms with van der Waals surface area (Å²) in [6.07, 6.45) is 85.7. The molecule has 0 rings (SSSR count). The van der Waals surface area contributed by atoms with E-state index in [2.05, 4.69) is 32.9 Å². The van der Waals surface area contributed by atoms with Crippen LogP contribution in [0.3, 0.4) is 0 Å². The Hall–Kier alpha value is -1.85. The van der Waals surface area contributed by atoms with Gasteiger partial charge in [0, 0.05) is 19.3 Å². The van der Waals surface area contributed by atoms with Crippen LogP contribution in [-0.4, -0.2) is 37.2 Å². The monoisotopic (exact) mass is 1140 g/mol. The summed E-state index contributed by atoms with van der Waals surface area (Å²) in [6, 6.07) is 0. The largest absolute Gasteiger partial charge is 0.462 e. The molecule has 0 N–H and O–H groups in total. The van der Waals surface area contributed by atoms with Crippen molar-refractivity contribution < 1.29 is 28.6 Å². The predicted molar refractivity (Wildman–Crippen MR) is 353 cm³/mol. The molecular formula is C75H144O6. The number of unbranched alkanes of at least 4 members (excludes halogenated alkanes) is 57. The van der Waals surface area contributed by atoms with Crippen LogP contribution in [0.5, 0.6) is 0 Å². The minimum Gasteiger partial charge on any atom is -0.462 e. The Balaban J connectivity index is 4.01. The standard InChI is InChI=1S/C75H144O6/c1-4-7-10-13-16-19-22-25-27-29-30-31-32-33-34-35-36-37-38-39-40-41-42-43-44-45-46-47-49-50-53-56-59-62-65-68-74(77)80-71-72(70-79-73(76)67-64-61-58-55-52-24-21-18-15-12-9-6-3)81-75(78)69-66-63-60-57-54-51-48-28-26-23-20-17-14-11-8-5-2/h28,48,72H,4-27,29-47,49-71H2,1-3H3/b48-28-. The van der Waals surface area contributed by atoms with Crippen molar-refractivity contribution in [1.29, 1.82) is 0 Å². The number of hydrogen-bond acceptors (Lipinski definition) is 6. The van der Waals surface area contributed by atoms with E-state index in [0.29, 0.717) is 19.3 Å². The van der Waals surface area contributed by atoms with E-state index >= 15 is 0 Å². The highest BCUT2D eigenvalue weighted by atomic mass is 16.6. The van der Waals surface area contributed by atoms with Crippen LogP contribution in [0.4, 0.5) is 0 Å². The van der Waals surface area contributed by atoms with Crippen molar-refractivity contribution in [2.75, 3.05) is 13.2 Å². The molecule has 0 aromatic rings. The van der Waals surface area contributed by atoms with Crippen LogP contribution >= 0.6 is 0 Å². The minimum atomic E-state index is -0.770. The third kappa shape index (κ3) is 68.8. The predicted octanol–water partition coefficient (Wildman–Crippen LogP) is 25.6. The Morgan fingerprint density at radius 1 is 0.235 bits per heavy atom. The van der Waals surface area contributed by atoms with Crippen molar-refractivity contribution in [3.8, 4) is 0 Å². The second-order valence-electron chi connectivity index (χ2n) is 25.6. The highest BCUT2D eigenvalue weighted by Gasteiger charge is 2.20. The summed E-state index contributed by atoms with van der Waals surface area (Å²) in [5.74, 6) is -0.843. The van der Waals surface area contributed by atoms with Gasteiger partial charge in [0.15, 0.2) is 6.10 Å². The number of allylic oxidation sites excluding steroid dienone is 2. The van der Waals surface area contributed by atoms with Gasteiger partial charge in [-0.05, 0) is 44.9 Å². The summed E-state index contributed by atoms with van der Waals surface area (Å²) in [4.78, 5) is 38.3. The van der Waals surface area contributed by atoms with Gasteiger partial charge in [-0.3, -0.25) is 14.4 Å². The van der Waals surface area contributed by atoms with Crippen molar-refractivity contribution in [3.63, 3.8) is 0 Å². The fraction of sp³-hybridized carbons (Fsp3) is 0.933. The fourth-order valence-corrected chi connectivity index (χ4v) is 11.7. The molecule has 0 amide bonds. The number of hydrogen-bond donors (Lipinski definition) is 0. The summed E-state index contributed by atoms with van der Waals surface area (Å²) in [7, 11) is 0. The second-order valence-corrected chi connectivity index (χ2v) is 25.6. The van der Waals surface area contributed by atoms with E-state index in [0.717, 1.165) is 64.2 Å². The number of carbonyl (C=O) groups excluding carboxylic acids is 3. The quantitative estimate of drug-likeness (QED) is 0.0261. The lowest BCUT2D eigenvalue weighted by Crippen LogP contribution is -2.30. The zero-order valence-electron chi connectivity index (χ0n) is 55.4. The molecule has 480 valence electrons. The van der Waals surface area contributed by atoms with E-state index in [1.807, 2.05) is 0 Å². The molecule has 1 unspecified atom stereocenters. The van der Waals surface area contributed by atoms with Crippen molar-refractivity contribution in [2.24, 2.45) is 0 Å². The molecular weight excluding hydrogens is 997 g/mol. The molecule has 6 nitrogen and oxygen atoms in total. The number of rotatable bonds is 70. The summed E-state index contributed by atoms with van der Waals surface area (Å²) in [6.45, 7) is 6.71. The SMILES string of the molecule is CCCCCCCCC/C=C\CCCCCCCC(=O)OC(COC(=O)CCCCCCCCCCCCCC)COC(=O)CCCCCCCCCCCCCCCCCCCCCCCCCCCCCCCCCCCCC. The molecule has 0 bridgehead atoms. The van der Waals surface area contributed by atoms with E-state index in [1.54, 1.807) is 0 Å². The molecule has 0 aromatic carbocycles. The summed E-state index contributed by atoms with van der Waals surface area (Å²) in [5.41, 5.74) is 0. The minimum absolute atomic E-state index is 0.0668. The lowest BCUT2D eigenvalue weighted by molar-refractivity contribution is -0.167. The van der Waals surface area contributed by atoms with E-state index in [9.17, 15) is 14.4 Å². The van der Waals surface area contributed by atoms with Gasteiger partial charge >= 0.3 is 17.9 Å². The average molecular weight is 1140 g/mol. The molecule has 0 saturated carbocycles. The molecule has 0 heterocycles. The van der Waals surface area contributed by atoms with Gasteiger partial charge in [-0.15, -0.1) is 0 Å². The van der Waals surface area contributed by atoms with E-state index in [4.69, 9.17) is 14.2 Å². The summed E-state index contributed by atoms with van der Waals surface area (Å²) < 4.78 is 17.0. The molecule has 0 radical (unpaired) electrons. The average Bonchev–Trinajstić information content (AvgIpc) is 3.47. The first kappa shape index (κ1) is 79.2. The molecule has 0 aliphatic heterocycles. The zero-order valence-corrected chi connectivity index (χ0v) is 55.4. The van der Waals surface area contributed by atoms with Crippen molar-refractivity contribution in [3.05, 3.63) is 12.2 Å². The third-order valence-electron chi connectivity index (χ3n) is 17.3. The molecule has 81 heavy (non-hydrogen) atoms. The highest BCUT2D eigenvalue weighted by Crippen LogP contribution is 2.20. The van der Waals surface area contributed by atoms with Gasteiger partial charge in [-0.2, -0.15) is 0 Å². The van der Waals surface area contributed by atoms with Crippen LogP contribution in [0.15, 0.2) is 12.2 Å².